The number of carbonyl (C=O) groups excluding carboxylic acids is 2. The number of hydrogen-bond acceptors (Lipinski definition) is 7. The highest BCUT2D eigenvalue weighted by atomic mass is 32.2. The number of benzene rings is 2. The number of nitrogens with zero attached hydrogens (tertiary/aromatic N) is 2. The fourth-order valence-corrected chi connectivity index (χ4v) is 3.62. The Labute approximate surface area is 168 Å². The Balaban J connectivity index is 1.39. The normalized spacial score (nSPS) is 10.3. The van der Waals surface area contributed by atoms with Crippen molar-refractivity contribution in [1.29, 1.82) is 0 Å². The molecule has 28 heavy (non-hydrogen) atoms. The van der Waals surface area contributed by atoms with Crippen LogP contribution >= 0.6 is 23.1 Å². The van der Waals surface area contributed by atoms with Crippen LogP contribution < -0.4 is 16.2 Å². The van der Waals surface area contributed by atoms with E-state index in [-0.39, 0.29) is 11.3 Å². The maximum Gasteiger partial charge on any atom is 0.269 e. The zero-order valence-electron chi connectivity index (χ0n) is 14.5. The first-order valence-corrected chi connectivity index (χ1v) is 9.99. The fourth-order valence-electron chi connectivity index (χ4n) is 2.08. The van der Waals surface area contributed by atoms with E-state index < -0.39 is 17.6 Å². The number of nitrogens with one attached hydrogen (secondary N) is 3. The lowest BCUT2D eigenvalue weighted by Crippen LogP contribution is -2.42. The number of halogens is 1. The summed E-state index contributed by atoms with van der Waals surface area (Å²) in [4.78, 5) is 23.7. The van der Waals surface area contributed by atoms with Crippen molar-refractivity contribution in [3.63, 3.8) is 0 Å². The zero-order valence-corrected chi connectivity index (χ0v) is 16.1. The van der Waals surface area contributed by atoms with E-state index in [0.717, 1.165) is 5.56 Å². The van der Waals surface area contributed by atoms with Gasteiger partial charge in [-0.05, 0) is 29.8 Å². The maximum absolute atomic E-state index is 12.8. The maximum atomic E-state index is 12.8. The SMILES string of the molecule is O=C(CSc1nnc(NCc2ccccc2)s1)NNC(=O)c1ccc(F)cc1. The molecule has 10 heteroatoms. The van der Waals surface area contributed by atoms with E-state index in [9.17, 15) is 14.0 Å². The van der Waals surface area contributed by atoms with Gasteiger partial charge in [0, 0.05) is 12.1 Å². The molecule has 0 bridgehead atoms. The molecule has 0 fully saturated rings. The number of anilines is 1. The van der Waals surface area contributed by atoms with Crippen LogP contribution in [0.15, 0.2) is 58.9 Å². The lowest BCUT2D eigenvalue weighted by atomic mass is 10.2. The highest BCUT2D eigenvalue weighted by molar-refractivity contribution is 8.01. The number of rotatable bonds is 7. The first-order chi connectivity index (χ1) is 13.6. The lowest BCUT2D eigenvalue weighted by Gasteiger charge is -2.06. The van der Waals surface area contributed by atoms with Crippen LogP contribution in [0.1, 0.15) is 15.9 Å². The van der Waals surface area contributed by atoms with Crippen LogP contribution in [-0.2, 0) is 11.3 Å². The smallest absolute Gasteiger partial charge is 0.269 e. The highest BCUT2D eigenvalue weighted by Crippen LogP contribution is 2.25. The molecule has 1 aromatic heterocycles. The van der Waals surface area contributed by atoms with Gasteiger partial charge in [0.05, 0.1) is 5.75 Å². The summed E-state index contributed by atoms with van der Waals surface area (Å²) in [5, 5.41) is 11.9. The largest absolute Gasteiger partial charge is 0.356 e. The van der Waals surface area contributed by atoms with Gasteiger partial charge in [0.1, 0.15) is 5.82 Å². The number of carbonyl (C=O) groups is 2. The first-order valence-electron chi connectivity index (χ1n) is 8.19. The fraction of sp³-hybridized carbons (Fsp3) is 0.111. The van der Waals surface area contributed by atoms with E-state index >= 15 is 0 Å². The summed E-state index contributed by atoms with van der Waals surface area (Å²) in [5.74, 6) is -1.29. The average Bonchev–Trinajstić information content (AvgIpc) is 3.18. The molecular formula is C18H16FN5O2S2. The van der Waals surface area contributed by atoms with E-state index in [2.05, 4.69) is 26.4 Å². The van der Waals surface area contributed by atoms with Crippen LogP contribution in [0.4, 0.5) is 9.52 Å². The Morgan fingerprint density at radius 2 is 1.75 bits per heavy atom. The van der Waals surface area contributed by atoms with Crippen LogP contribution in [0.25, 0.3) is 0 Å². The van der Waals surface area contributed by atoms with Crippen molar-refractivity contribution in [2.45, 2.75) is 10.9 Å². The second kappa shape index (κ2) is 9.81. The molecule has 1 heterocycles. The minimum Gasteiger partial charge on any atom is -0.356 e. The predicted octanol–water partition coefficient (Wildman–Crippen LogP) is 2.84. The monoisotopic (exact) mass is 417 g/mol. The van der Waals surface area contributed by atoms with E-state index in [4.69, 9.17) is 0 Å². The van der Waals surface area contributed by atoms with Gasteiger partial charge in [0.15, 0.2) is 4.34 Å². The average molecular weight is 417 g/mol. The van der Waals surface area contributed by atoms with Crippen molar-refractivity contribution in [2.24, 2.45) is 0 Å². The van der Waals surface area contributed by atoms with Gasteiger partial charge in [0.2, 0.25) is 11.0 Å². The van der Waals surface area contributed by atoms with Crippen LogP contribution in [0, 0.1) is 5.82 Å². The van der Waals surface area contributed by atoms with E-state index in [1.165, 1.54) is 47.4 Å². The van der Waals surface area contributed by atoms with Gasteiger partial charge >= 0.3 is 0 Å². The first kappa shape index (κ1) is 19.8. The number of hydrazine groups is 1. The van der Waals surface area contributed by atoms with E-state index in [1.807, 2.05) is 30.3 Å². The van der Waals surface area contributed by atoms with Crippen LogP contribution in [-0.4, -0.2) is 27.8 Å². The molecule has 0 aliphatic carbocycles. The summed E-state index contributed by atoms with van der Waals surface area (Å²) in [5.41, 5.74) is 5.96. The summed E-state index contributed by atoms with van der Waals surface area (Å²) >= 11 is 2.56. The molecule has 0 spiro atoms. The van der Waals surface area contributed by atoms with Gasteiger partial charge in [0.25, 0.3) is 5.91 Å². The molecule has 3 N–H and O–H groups in total. The molecule has 0 aliphatic heterocycles. The Bertz CT molecular complexity index is 935. The molecule has 7 nitrogen and oxygen atoms in total. The Morgan fingerprint density at radius 1 is 1.00 bits per heavy atom. The number of aromatic nitrogens is 2. The predicted molar refractivity (Wildman–Crippen MR) is 106 cm³/mol. The molecule has 2 aromatic carbocycles. The van der Waals surface area contributed by atoms with E-state index in [0.29, 0.717) is 16.0 Å². The minimum absolute atomic E-state index is 0.0665. The van der Waals surface area contributed by atoms with Gasteiger partial charge in [-0.3, -0.25) is 20.4 Å². The zero-order chi connectivity index (χ0) is 19.8. The number of hydrogen-bond donors (Lipinski definition) is 3. The van der Waals surface area contributed by atoms with Crippen molar-refractivity contribution in [3.05, 3.63) is 71.5 Å². The van der Waals surface area contributed by atoms with Crippen LogP contribution in [0.2, 0.25) is 0 Å². The molecule has 3 rings (SSSR count). The Morgan fingerprint density at radius 3 is 2.50 bits per heavy atom. The molecule has 0 saturated heterocycles. The summed E-state index contributed by atoms with van der Waals surface area (Å²) in [7, 11) is 0. The summed E-state index contributed by atoms with van der Waals surface area (Å²) < 4.78 is 13.5. The lowest BCUT2D eigenvalue weighted by molar-refractivity contribution is -0.119. The minimum atomic E-state index is -0.526. The molecule has 0 unspecified atom stereocenters. The van der Waals surface area contributed by atoms with Gasteiger partial charge < -0.3 is 5.32 Å². The molecule has 0 radical (unpaired) electrons. The molecule has 2 amide bonds. The third kappa shape index (κ3) is 6.03. The summed E-state index contributed by atoms with van der Waals surface area (Å²) in [6.07, 6.45) is 0. The van der Waals surface area contributed by atoms with Gasteiger partial charge in [-0.15, -0.1) is 10.2 Å². The quantitative estimate of drug-likeness (QED) is 0.404. The molecule has 0 atom stereocenters. The van der Waals surface area contributed by atoms with Crippen molar-refractivity contribution in [1.82, 2.24) is 21.0 Å². The Kier molecular flexibility index (Phi) is 6.93. The standard InChI is InChI=1S/C18H16FN5O2S2/c19-14-8-6-13(7-9-14)16(26)22-21-15(25)11-27-18-24-23-17(28-18)20-10-12-4-2-1-3-5-12/h1-9H,10-11H2,(H,20,23)(H,21,25)(H,22,26). The molecule has 0 saturated carbocycles. The number of amides is 2. The van der Waals surface area contributed by atoms with Crippen molar-refractivity contribution in [3.8, 4) is 0 Å². The molecule has 0 aliphatic rings. The van der Waals surface area contributed by atoms with Crippen LogP contribution in [0.3, 0.4) is 0 Å². The van der Waals surface area contributed by atoms with E-state index in [1.54, 1.807) is 0 Å². The second-order valence-electron chi connectivity index (χ2n) is 5.51. The summed E-state index contributed by atoms with van der Waals surface area (Å²) in [6.45, 7) is 0.635. The van der Waals surface area contributed by atoms with Crippen molar-refractivity contribution in [2.75, 3.05) is 11.1 Å². The van der Waals surface area contributed by atoms with Gasteiger partial charge in [-0.1, -0.05) is 53.4 Å². The van der Waals surface area contributed by atoms with Crippen molar-refractivity contribution < 1.29 is 14.0 Å². The van der Waals surface area contributed by atoms with Crippen molar-refractivity contribution >= 4 is 40.0 Å². The Hall–Kier alpha value is -2.98. The second-order valence-corrected chi connectivity index (χ2v) is 7.71. The number of thioether (sulfide) groups is 1. The highest BCUT2D eigenvalue weighted by Gasteiger charge is 2.10. The van der Waals surface area contributed by atoms with Gasteiger partial charge in [-0.25, -0.2) is 4.39 Å². The van der Waals surface area contributed by atoms with Crippen LogP contribution in [0.5, 0.6) is 0 Å². The van der Waals surface area contributed by atoms with Gasteiger partial charge in [-0.2, -0.15) is 0 Å². The summed E-state index contributed by atoms with van der Waals surface area (Å²) in [6, 6.07) is 14.9. The molecular weight excluding hydrogens is 401 g/mol. The third-order valence-corrected chi connectivity index (χ3v) is 5.46. The third-order valence-electron chi connectivity index (χ3n) is 3.44. The molecule has 144 valence electrons. The topological polar surface area (TPSA) is 96.0 Å². The molecule has 3 aromatic rings.